The lowest BCUT2D eigenvalue weighted by atomic mass is 10.2. The van der Waals surface area contributed by atoms with Crippen LogP contribution in [-0.4, -0.2) is 15.9 Å². The third kappa shape index (κ3) is 4.58. The first kappa shape index (κ1) is 18.8. The average molecular weight is 403 g/mol. The predicted molar refractivity (Wildman–Crippen MR) is 108 cm³/mol. The highest BCUT2D eigenvalue weighted by molar-refractivity contribution is 6.33. The topological polar surface area (TPSA) is 105 Å². The number of carbonyl (C=O) groups is 1. The molecule has 0 saturated carbocycles. The minimum atomic E-state index is -0.413. The average Bonchev–Trinajstić information content (AvgIpc) is 2.67. The van der Waals surface area contributed by atoms with Crippen molar-refractivity contribution in [2.24, 2.45) is 0 Å². The Morgan fingerprint density at radius 1 is 0.963 bits per heavy atom. The van der Waals surface area contributed by atoms with Crippen molar-refractivity contribution in [1.29, 1.82) is 0 Å². The number of benzene rings is 2. The normalized spacial score (nSPS) is 10.3. The SMILES string of the molecule is Nc1c(NCc2ccccc2Cl)ncnc1NNC(=O)c1ccccc1Cl. The van der Waals surface area contributed by atoms with Crippen LogP contribution < -0.4 is 21.9 Å². The van der Waals surface area contributed by atoms with Gasteiger partial charge >= 0.3 is 0 Å². The lowest BCUT2D eigenvalue weighted by Gasteiger charge is -2.14. The molecule has 3 aromatic rings. The summed E-state index contributed by atoms with van der Waals surface area (Å²) in [4.78, 5) is 20.4. The van der Waals surface area contributed by atoms with E-state index in [9.17, 15) is 4.79 Å². The van der Waals surface area contributed by atoms with Gasteiger partial charge in [0.25, 0.3) is 5.91 Å². The van der Waals surface area contributed by atoms with Crippen molar-refractivity contribution in [2.45, 2.75) is 6.54 Å². The third-order valence-electron chi connectivity index (χ3n) is 3.70. The smallest absolute Gasteiger partial charge is 0.271 e. The van der Waals surface area contributed by atoms with Crippen molar-refractivity contribution in [1.82, 2.24) is 15.4 Å². The molecule has 2 aromatic carbocycles. The molecular formula is C18H16Cl2N6O. The fraction of sp³-hybridized carbons (Fsp3) is 0.0556. The molecule has 0 aliphatic heterocycles. The molecular weight excluding hydrogens is 387 g/mol. The Kier molecular flexibility index (Phi) is 5.95. The second-order valence-electron chi connectivity index (χ2n) is 5.49. The standard InChI is InChI=1S/C18H16Cl2N6O/c19-13-7-3-1-5-11(13)9-22-16-15(21)17(24-10-23-16)25-26-18(27)12-6-2-4-8-14(12)20/h1-8,10H,9,21H2,(H,26,27)(H2,22,23,24,25). The molecule has 0 saturated heterocycles. The molecule has 27 heavy (non-hydrogen) atoms. The van der Waals surface area contributed by atoms with Crippen LogP contribution in [-0.2, 0) is 6.54 Å². The number of halogens is 2. The molecule has 1 amide bonds. The summed E-state index contributed by atoms with van der Waals surface area (Å²) in [6, 6.07) is 14.2. The van der Waals surface area contributed by atoms with Crippen LogP contribution in [0.2, 0.25) is 10.0 Å². The van der Waals surface area contributed by atoms with E-state index in [1.165, 1.54) is 6.33 Å². The molecule has 0 aliphatic rings. The number of nitrogen functional groups attached to an aromatic ring is 1. The van der Waals surface area contributed by atoms with Crippen molar-refractivity contribution in [3.63, 3.8) is 0 Å². The van der Waals surface area contributed by atoms with Gasteiger partial charge in [-0.05, 0) is 23.8 Å². The molecule has 0 atom stereocenters. The Bertz CT molecular complexity index is 966. The second-order valence-corrected chi connectivity index (χ2v) is 6.30. The lowest BCUT2D eigenvalue weighted by Crippen LogP contribution is -2.30. The Hall–Kier alpha value is -3.03. The molecule has 0 unspecified atom stereocenters. The number of hydrogen-bond acceptors (Lipinski definition) is 6. The van der Waals surface area contributed by atoms with Crippen molar-refractivity contribution in [3.8, 4) is 0 Å². The Labute approximate surface area is 165 Å². The quantitative estimate of drug-likeness (QED) is 0.468. The van der Waals surface area contributed by atoms with Gasteiger partial charge in [-0.1, -0.05) is 53.5 Å². The number of anilines is 3. The summed E-state index contributed by atoms with van der Waals surface area (Å²) in [5.74, 6) is 0.260. The van der Waals surface area contributed by atoms with E-state index >= 15 is 0 Å². The van der Waals surface area contributed by atoms with Crippen LogP contribution in [0.25, 0.3) is 0 Å². The highest BCUT2D eigenvalue weighted by Gasteiger charge is 2.12. The third-order valence-corrected chi connectivity index (χ3v) is 4.40. The number of hydrazine groups is 1. The maximum absolute atomic E-state index is 12.2. The van der Waals surface area contributed by atoms with Crippen molar-refractivity contribution >= 4 is 46.4 Å². The second kappa shape index (κ2) is 8.57. The summed E-state index contributed by atoms with van der Waals surface area (Å²) in [5, 5.41) is 4.09. The molecule has 9 heteroatoms. The fourth-order valence-electron chi connectivity index (χ4n) is 2.29. The maximum atomic E-state index is 12.2. The molecule has 5 N–H and O–H groups in total. The van der Waals surface area contributed by atoms with Gasteiger partial charge in [0.2, 0.25) is 0 Å². The zero-order valence-electron chi connectivity index (χ0n) is 14.0. The monoisotopic (exact) mass is 402 g/mol. The van der Waals surface area contributed by atoms with Gasteiger partial charge in [-0.15, -0.1) is 0 Å². The van der Waals surface area contributed by atoms with Gasteiger partial charge in [0.05, 0.1) is 10.6 Å². The van der Waals surface area contributed by atoms with Gasteiger partial charge in [-0.2, -0.15) is 0 Å². The summed E-state index contributed by atoms with van der Waals surface area (Å²) in [6.45, 7) is 0.437. The minimum Gasteiger partial charge on any atom is -0.393 e. The molecule has 0 fully saturated rings. The molecule has 0 radical (unpaired) electrons. The summed E-state index contributed by atoms with van der Waals surface area (Å²) < 4.78 is 0. The van der Waals surface area contributed by atoms with Crippen LogP contribution in [0.1, 0.15) is 15.9 Å². The van der Waals surface area contributed by atoms with E-state index in [0.29, 0.717) is 28.0 Å². The van der Waals surface area contributed by atoms with Gasteiger partial charge in [0.15, 0.2) is 11.6 Å². The van der Waals surface area contributed by atoms with E-state index in [1.54, 1.807) is 30.3 Å². The molecule has 0 aliphatic carbocycles. The van der Waals surface area contributed by atoms with E-state index in [4.69, 9.17) is 28.9 Å². The van der Waals surface area contributed by atoms with Crippen LogP contribution in [0.3, 0.4) is 0 Å². The number of carbonyl (C=O) groups excluding carboxylic acids is 1. The zero-order chi connectivity index (χ0) is 19.2. The number of nitrogens with two attached hydrogens (primary N) is 1. The predicted octanol–water partition coefficient (Wildman–Crippen LogP) is 3.73. The largest absolute Gasteiger partial charge is 0.393 e. The molecule has 3 rings (SSSR count). The Morgan fingerprint density at radius 3 is 2.37 bits per heavy atom. The first-order valence-corrected chi connectivity index (χ1v) is 8.70. The van der Waals surface area contributed by atoms with E-state index in [2.05, 4.69) is 26.1 Å². The van der Waals surface area contributed by atoms with Crippen LogP contribution >= 0.6 is 23.2 Å². The zero-order valence-corrected chi connectivity index (χ0v) is 15.6. The van der Waals surface area contributed by atoms with E-state index < -0.39 is 5.91 Å². The molecule has 1 heterocycles. The van der Waals surface area contributed by atoms with Gasteiger partial charge in [0, 0.05) is 11.6 Å². The van der Waals surface area contributed by atoms with E-state index in [1.807, 2.05) is 18.2 Å². The highest BCUT2D eigenvalue weighted by atomic mass is 35.5. The van der Waals surface area contributed by atoms with Crippen molar-refractivity contribution in [3.05, 3.63) is 76.0 Å². The van der Waals surface area contributed by atoms with Crippen LogP contribution in [0, 0.1) is 0 Å². The van der Waals surface area contributed by atoms with Gasteiger partial charge < -0.3 is 11.1 Å². The Balaban J connectivity index is 1.67. The molecule has 7 nitrogen and oxygen atoms in total. The number of amides is 1. The van der Waals surface area contributed by atoms with Crippen LogP contribution in [0.15, 0.2) is 54.9 Å². The Morgan fingerprint density at radius 2 is 1.63 bits per heavy atom. The summed E-state index contributed by atoms with van der Waals surface area (Å²) in [5.41, 5.74) is 12.8. The fourth-order valence-corrected chi connectivity index (χ4v) is 2.71. The number of rotatable bonds is 6. The summed E-state index contributed by atoms with van der Waals surface area (Å²) in [7, 11) is 0. The maximum Gasteiger partial charge on any atom is 0.271 e. The van der Waals surface area contributed by atoms with Crippen LogP contribution in [0.5, 0.6) is 0 Å². The molecule has 138 valence electrons. The first-order chi connectivity index (χ1) is 13.1. The summed E-state index contributed by atoms with van der Waals surface area (Å²) >= 11 is 12.2. The van der Waals surface area contributed by atoms with Crippen molar-refractivity contribution < 1.29 is 4.79 Å². The molecule has 0 bridgehead atoms. The van der Waals surface area contributed by atoms with E-state index in [0.717, 1.165) is 5.56 Å². The lowest BCUT2D eigenvalue weighted by molar-refractivity contribution is 0.0962. The number of hydrogen-bond donors (Lipinski definition) is 4. The highest BCUT2D eigenvalue weighted by Crippen LogP contribution is 2.24. The molecule has 0 spiro atoms. The van der Waals surface area contributed by atoms with Gasteiger partial charge in [-0.3, -0.25) is 15.6 Å². The van der Waals surface area contributed by atoms with Gasteiger partial charge in [0.1, 0.15) is 12.0 Å². The first-order valence-electron chi connectivity index (χ1n) is 7.95. The molecule has 1 aromatic heterocycles. The minimum absolute atomic E-state index is 0.254. The van der Waals surface area contributed by atoms with Crippen LogP contribution in [0.4, 0.5) is 17.3 Å². The van der Waals surface area contributed by atoms with Gasteiger partial charge in [-0.25, -0.2) is 9.97 Å². The number of nitrogens with one attached hydrogen (secondary N) is 3. The van der Waals surface area contributed by atoms with Crippen molar-refractivity contribution in [2.75, 3.05) is 16.5 Å². The summed E-state index contributed by atoms with van der Waals surface area (Å²) in [6.07, 6.45) is 1.33. The number of aromatic nitrogens is 2. The van der Waals surface area contributed by atoms with E-state index in [-0.39, 0.29) is 11.5 Å². The number of nitrogens with zero attached hydrogens (tertiary/aromatic N) is 2.